The molecular formula is C15H22N2OS. The van der Waals surface area contributed by atoms with E-state index in [1.165, 1.54) is 11.1 Å². The predicted molar refractivity (Wildman–Crippen MR) is 83.5 cm³/mol. The molecule has 0 saturated carbocycles. The molecule has 1 aromatic rings. The average Bonchev–Trinajstić information content (AvgIpc) is 2.37. The van der Waals surface area contributed by atoms with Crippen molar-refractivity contribution in [1.82, 2.24) is 4.90 Å². The molecule has 2 rings (SSSR count). The number of hydrogen-bond donors (Lipinski definition) is 2. The molecule has 0 aromatic heterocycles. The fourth-order valence-electron chi connectivity index (χ4n) is 2.65. The summed E-state index contributed by atoms with van der Waals surface area (Å²) in [5, 5.41) is 13.3. The van der Waals surface area contributed by atoms with Gasteiger partial charge in [0.05, 0.1) is 0 Å². The zero-order valence-electron chi connectivity index (χ0n) is 11.6. The SMILES string of the molecule is Cc1cc(C)cc(NC(=S)N2CCC[C@H](CO)C2)c1. The minimum Gasteiger partial charge on any atom is -0.396 e. The maximum Gasteiger partial charge on any atom is 0.173 e. The fourth-order valence-corrected chi connectivity index (χ4v) is 2.93. The number of aliphatic hydroxyl groups is 1. The Balaban J connectivity index is 2.00. The lowest BCUT2D eigenvalue weighted by Gasteiger charge is -2.33. The number of rotatable bonds is 2. The molecule has 2 N–H and O–H groups in total. The van der Waals surface area contributed by atoms with Gasteiger partial charge in [0.15, 0.2) is 5.11 Å². The van der Waals surface area contributed by atoms with Gasteiger partial charge in [0.25, 0.3) is 0 Å². The van der Waals surface area contributed by atoms with Crippen LogP contribution in [0, 0.1) is 19.8 Å². The van der Waals surface area contributed by atoms with Gasteiger partial charge in [-0.25, -0.2) is 0 Å². The summed E-state index contributed by atoms with van der Waals surface area (Å²) in [6.07, 6.45) is 2.19. The maximum absolute atomic E-state index is 9.26. The van der Waals surface area contributed by atoms with E-state index >= 15 is 0 Å². The Bertz CT molecular complexity index is 441. The highest BCUT2D eigenvalue weighted by Gasteiger charge is 2.21. The minimum absolute atomic E-state index is 0.253. The first-order valence-corrected chi connectivity index (χ1v) is 7.24. The molecule has 1 heterocycles. The third-order valence-electron chi connectivity index (χ3n) is 3.54. The molecule has 0 amide bonds. The Labute approximate surface area is 120 Å². The van der Waals surface area contributed by atoms with Crippen LogP contribution in [0.15, 0.2) is 18.2 Å². The molecule has 0 radical (unpaired) electrons. The van der Waals surface area contributed by atoms with E-state index in [9.17, 15) is 5.11 Å². The van der Waals surface area contributed by atoms with Crippen LogP contribution >= 0.6 is 12.2 Å². The first-order valence-electron chi connectivity index (χ1n) is 6.83. The molecule has 1 aromatic carbocycles. The van der Waals surface area contributed by atoms with Gasteiger partial charge < -0.3 is 15.3 Å². The van der Waals surface area contributed by atoms with Gasteiger partial charge in [0, 0.05) is 25.4 Å². The Kier molecular flexibility index (Phi) is 4.77. The largest absolute Gasteiger partial charge is 0.396 e. The molecule has 1 aliphatic heterocycles. The molecule has 1 aliphatic rings. The van der Waals surface area contributed by atoms with E-state index in [0.29, 0.717) is 5.92 Å². The Morgan fingerprint density at radius 2 is 2.05 bits per heavy atom. The average molecular weight is 278 g/mol. The van der Waals surface area contributed by atoms with Crippen molar-refractivity contribution in [3.8, 4) is 0 Å². The predicted octanol–water partition coefficient (Wildman–Crippen LogP) is 2.70. The van der Waals surface area contributed by atoms with Crippen molar-refractivity contribution in [2.45, 2.75) is 26.7 Å². The highest BCUT2D eigenvalue weighted by Crippen LogP contribution is 2.18. The van der Waals surface area contributed by atoms with Gasteiger partial charge in [-0.05, 0) is 68.1 Å². The van der Waals surface area contributed by atoms with Crippen molar-refractivity contribution in [1.29, 1.82) is 0 Å². The molecule has 0 spiro atoms. The Morgan fingerprint density at radius 3 is 2.68 bits per heavy atom. The van der Waals surface area contributed by atoms with Gasteiger partial charge >= 0.3 is 0 Å². The van der Waals surface area contributed by atoms with E-state index in [4.69, 9.17) is 12.2 Å². The summed E-state index contributed by atoms with van der Waals surface area (Å²) in [5.74, 6) is 0.354. The van der Waals surface area contributed by atoms with Crippen molar-refractivity contribution >= 4 is 23.0 Å². The van der Waals surface area contributed by atoms with E-state index < -0.39 is 0 Å². The van der Waals surface area contributed by atoms with E-state index in [2.05, 4.69) is 42.3 Å². The topological polar surface area (TPSA) is 35.5 Å². The van der Waals surface area contributed by atoms with E-state index in [-0.39, 0.29) is 6.61 Å². The quantitative estimate of drug-likeness (QED) is 0.815. The van der Waals surface area contributed by atoms with Crippen molar-refractivity contribution in [2.75, 3.05) is 25.0 Å². The summed E-state index contributed by atoms with van der Waals surface area (Å²) in [6, 6.07) is 6.36. The number of aryl methyl sites for hydroxylation is 2. The summed E-state index contributed by atoms with van der Waals surface area (Å²) in [5.41, 5.74) is 3.52. The lowest BCUT2D eigenvalue weighted by Crippen LogP contribution is -2.43. The van der Waals surface area contributed by atoms with Gasteiger partial charge in [-0.2, -0.15) is 0 Å². The number of hydrogen-bond acceptors (Lipinski definition) is 2. The van der Waals surface area contributed by atoms with Gasteiger partial charge in [0.1, 0.15) is 0 Å². The highest BCUT2D eigenvalue weighted by atomic mass is 32.1. The standard InChI is InChI=1S/C15H22N2OS/c1-11-6-12(2)8-14(7-11)16-15(19)17-5-3-4-13(9-17)10-18/h6-8,13,18H,3-5,9-10H2,1-2H3,(H,16,19)/t13-/m0/s1. The van der Waals surface area contributed by atoms with E-state index in [1.807, 2.05) is 0 Å². The maximum atomic E-state index is 9.26. The van der Waals surface area contributed by atoms with Crippen LogP contribution in [0.5, 0.6) is 0 Å². The fraction of sp³-hybridized carbons (Fsp3) is 0.533. The molecule has 19 heavy (non-hydrogen) atoms. The summed E-state index contributed by atoms with van der Waals surface area (Å²) in [4.78, 5) is 2.16. The first kappa shape index (κ1) is 14.3. The number of nitrogens with one attached hydrogen (secondary N) is 1. The summed E-state index contributed by atoms with van der Waals surface area (Å²) >= 11 is 5.48. The third kappa shape index (κ3) is 3.91. The van der Waals surface area contributed by atoms with Gasteiger partial charge in [-0.15, -0.1) is 0 Å². The molecule has 3 nitrogen and oxygen atoms in total. The molecule has 0 bridgehead atoms. The van der Waals surface area contributed by atoms with E-state index in [0.717, 1.165) is 36.7 Å². The Hall–Kier alpha value is -1.13. The lowest BCUT2D eigenvalue weighted by molar-refractivity contribution is 0.162. The number of aliphatic hydroxyl groups excluding tert-OH is 1. The molecule has 0 unspecified atom stereocenters. The second-order valence-electron chi connectivity index (χ2n) is 5.44. The first-order chi connectivity index (χ1) is 9.08. The molecule has 0 aliphatic carbocycles. The zero-order chi connectivity index (χ0) is 13.8. The van der Waals surface area contributed by atoms with Gasteiger partial charge in [0.2, 0.25) is 0 Å². The van der Waals surface area contributed by atoms with Crippen LogP contribution in [0.2, 0.25) is 0 Å². The summed E-state index contributed by atoms with van der Waals surface area (Å²) in [6.45, 7) is 6.26. The molecule has 1 saturated heterocycles. The van der Waals surface area contributed by atoms with Crippen LogP contribution in [-0.2, 0) is 0 Å². The van der Waals surface area contributed by atoms with Crippen molar-refractivity contribution in [3.05, 3.63) is 29.3 Å². The van der Waals surface area contributed by atoms with Crippen LogP contribution in [0.3, 0.4) is 0 Å². The van der Waals surface area contributed by atoms with Crippen LogP contribution in [0.1, 0.15) is 24.0 Å². The van der Waals surface area contributed by atoms with Gasteiger partial charge in [-0.1, -0.05) is 6.07 Å². The molecule has 1 fully saturated rings. The van der Waals surface area contributed by atoms with E-state index in [1.54, 1.807) is 0 Å². The molecule has 1 atom stereocenters. The smallest absolute Gasteiger partial charge is 0.173 e. The number of piperidine rings is 1. The Morgan fingerprint density at radius 1 is 1.37 bits per heavy atom. The number of benzene rings is 1. The van der Waals surface area contributed by atoms with Crippen LogP contribution < -0.4 is 5.32 Å². The minimum atomic E-state index is 0.253. The monoisotopic (exact) mass is 278 g/mol. The highest BCUT2D eigenvalue weighted by molar-refractivity contribution is 7.80. The second kappa shape index (κ2) is 6.35. The van der Waals surface area contributed by atoms with Gasteiger partial charge in [-0.3, -0.25) is 0 Å². The van der Waals surface area contributed by atoms with Crippen molar-refractivity contribution in [3.63, 3.8) is 0 Å². The lowest BCUT2D eigenvalue weighted by atomic mass is 9.99. The number of anilines is 1. The third-order valence-corrected chi connectivity index (χ3v) is 3.90. The van der Waals surface area contributed by atoms with Crippen LogP contribution in [-0.4, -0.2) is 34.8 Å². The van der Waals surface area contributed by atoms with Crippen LogP contribution in [0.25, 0.3) is 0 Å². The molecule has 4 heteroatoms. The summed E-state index contributed by atoms with van der Waals surface area (Å²) in [7, 11) is 0. The molecule has 104 valence electrons. The normalized spacial score (nSPS) is 19.3. The number of likely N-dealkylation sites (tertiary alicyclic amines) is 1. The number of thiocarbonyl (C=S) groups is 1. The number of nitrogens with zero attached hydrogens (tertiary/aromatic N) is 1. The summed E-state index contributed by atoms with van der Waals surface area (Å²) < 4.78 is 0. The van der Waals surface area contributed by atoms with Crippen LogP contribution in [0.4, 0.5) is 5.69 Å². The van der Waals surface area contributed by atoms with Crippen molar-refractivity contribution in [2.24, 2.45) is 5.92 Å². The van der Waals surface area contributed by atoms with Crippen molar-refractivity contribution < 1.29 is 5.11 Å². The zero-order valence-corrected chi connectivity index (χ0v) is 12.5. The second-order valence-corrected chi connectivity index (χ2v) is 5.83. The molecular weight excluding hydrogens is 256 g/mol.